The van der Waals surface area contributed by atoms with Crippen LogP contribution in [0.5, 0.6) is 0 Å². The molecule has 0 amide bonds. The summed E-state index contributed by atoms with van der Waals surface area (Å²) in [5.41, 5.74) is 2.94. The zero-order chi connectivity index (χ0) is 30.1. The summed E-state index contributed by atoms with van der Waals surface area (Å²) in [4.78, 5) is 2.13. The van der Waals surface area contributed by atoms with Gasteiger partial charge in [0.2, 0.25) is 6.29 Å². The number of ether oxygens (including phenoxy) is 3. The van der Waals surface area contributed by atoms with Crippen LogP contribution in [0.25, 0.3) is 0 Å². The molecule has 1 aliphatic heterocycles. The molecule has 0 spiro atoms. The summed E-state index contributed by atoms with van der Waals surface area (Å²) in [7, 11) is 0. The van der Waals surface area contributed by atoms with Crippen molar-refractivity contribution in [3.05, 3.63) is 154 Å². The van der Waals surface area contributed by atoms with Gasteiger partial charge < -0.3 is 14.2 Å². The molecule has 4 aromatic rings. The van der Waals surface area contributed by atoms with Crippen molar-refractivity contribution in [2.75, 3.05) is 19.7 Å². The lowest BCUT2D eigenvalue weighted by Crippen LogP contribution is -2.31. The largest absolute Gasteiger partial charge is 0.463 e. The van der Waals surface area contributed by atoms with E-state index in [0.717, 1.165) is 22.8 Å². The Morgan fingerprint density at radius 2 is 1.44 bits per heavy atom. The van der Waals surface area contributed by atoms with E-state index >= 15 is 0 Å². The van der Waals surface area contributed by atoms with Crippen molar-refractivity contribution >= 4 is 11.6 Å². The molecule has 5 rings (SSSR count). The Bertz CT molecular complexity index is 1430. The molecule has 1 aliphatic rings. The molecule has 224 valence electrons. The van der Waals surface area contributed by atoms with E-state index in [2.05, 4.69) is 29.2 Å². The van der Waals surface area contributed by atoms with Gasteiger partial charge in [-0.3, -0.25) is 4.90 Å². The summed E-state index contributed by atoms with van der Waals surface area (Å²) in [6, 6.07) is 34.2. The first-order valence-electron chi connectivity index (χ1n) is 14.2. The molecule has 0 radical (unpaired) electrons. The van der Waals surface area contributed by atoms with Crippen molar-refractivity contribution in [1.29, 1.82) is 0 Å². The summed E-state index contributed by atoms with van der Waals surface area (Å²) >= 11 is 6.32. The first-order valence-corrected chi connectivity index (χ1v) is 14.6. The predicted molar refractivity (Wildman–Crippen MR) is 161 cm³/mol. The molecule has 0 N–H and O–H groups in total. The van der Waals surface area contributed by atoms with Crippen LogP contribution >= 0.6 is 11.6 Å². The van der Waals surface area contributed by atoms with Gasteiger partial charge in [0.25, 0.3) is 0 Å². The van der Waals surface area contributed by atoms with Crippen LogP contribution in [0.4, 0.5) is 13.2 Å². The lowest BCUT2D eigenvalue weighted by atomic mass is 9.90. The number of alkyl halides is 3. The maximum Gasteiger partial charge on any atom is 0.417 e. The Balaban J connectivity index is 1.27. The van der Waals surface area contributed by atoms with Crippen molar-refractivity contribution < 1.29 is 27.4 Å². The zero-order valence-corrected chi connectivity index (χ0v) is 24.3. The molecule has 4 nitrogen and oxygen atoms in total. The maximum atomic E-state index is 13.6. The van der Waals surface area contributed by atoms with Gasteiger partial charge in [0.1, 0.15) is 0 Å². The zero-order valence-electron chi connectivity index (χ0n) is 23.6. The second-order valence-electron chi connectivity index (χ2n) is 10.4. The number of nitrogens with zero attached hydrogens (tertiary/aromatic N) is 1. The molecule has 0 saturated carbocycles. The number of benzene rings is 4. The normalized spacial score (nSPS) is 14.8. The smallest absolute Gasteiger partial charge is 0.417 e. The van der Waals surface area contributed by atoms with Gasteiger partial charge in [0.05, 0.1) is 17.2 Å². The van der Waals surface area contributed by atoms with Gasteiger partial charge in [-0.05, 0) is 34.7 Å². The molecule has 1 unspecified atom stereocenters. The minimum atomic E-state index is -4.53. The number of hydrogen-bond donors (Lipinski definition) is 0. The summed E-state index contributed by atoms with van der Waals surface area (Å²) in [6.07, 6.45) is -2.30. The molecule has 4 aromatic carbocycles. The lowest BCUT2D eigenvalue weighted by molar-refractivity contribution is -0.137. The van der Waals surface area contributed by atoms with E-state index < -0.39 is 18.0 Å². The van der Waals surface area contributed by atoms with Crippen molar-refractivity contribution in [1.82, 2.24) is 4.90 Å². The van der Waals surface area contributed by atoms with Crippen molar-refractivity contribution in [3.63, 3.8) is 0 Å². The average Bonchev–Trinajstić information content (AvgIpc) is 3.46. The molecular formula is C35H33ClF3NO3. The van der Waals surface area contributed by atoms with Crippen LogP contribution in [0, 0.1) is 0 Å². The first kappa shape index (κ1) is 30.5. The highest BCUT2D eigenvalue weighted by Crippen LogP contribution is 2.37. The second kappa shape index (κ2) is 14.5. The van der Waals surface area contributed by atoms with Gasteiger partial charge in [0.15, 0.2) is 6.26 Å². The highest BCUT2D eigenvalue weighted by atomic mass is 35.5. The van der Waals surface area contributed by atoms with Crippen LogP contribution in [0.15, 0.2) is 121 Å². The van der Waals surface area contributed by atoms with Crippen molar-refractivity contribution in [2.24, 2.45) is 0 Å². The lowest BCUT2D eigenvalue weighted by Gasteiger charge is -2.29. The standard InChI is InChI=1S/C35H33ClF3NO3/c36-34-29(18-10-19-31(34)35(37,38)39)23-40(24-30(27-14-6-2-7-15-27)28-16-8-3-9-17-28)20-11-21-41-33-25-42-32(43-33)22-26-12-4-1-5-13-26/h1-10,12-19,25,30,32H,11,20-24H2. The molecule has 1 heterocycles. The number of rotatable bonds is 13. The van der Waals surface area contributed by atoms with Crippen LogP contribution < -0.4 is 0 Å². The molecular weight excluding hydrogens is 575 g/mol. The van der Waals surface area contributed by atoms with Crippen LogP contribution in [0.2, 0.25) is 5.02 Å². The van der Waals surface area contributed by atoms with Crippen LogP contribution in [0.1, 0.15) is 40.2 Å². The number of halogens is 4. The SMILES string of the molecule is FC(F)(F)c1cccc(CN(CCCOC2=COC(Cc3ccccc3)O2)CC(c2ccccc2)c2ccccc2)c1Cl. The fraction of sp³-hybridized carbons (Fsp3) is 0.257. The Kier molecular flexibility index (Phi) is 10.3. The molecule has 0 fully saturated rings. The quantitative estimate of drug-likeness (QED) is 0.142. The Morgan fingerprint density at radius 1 is 0.814 bits per heavy atom. The van der Waals surface area contributed by atoms with Gasteiger partial charge in [-0.15, -0.1) is 0 Å². The fourth-order valence-electron chi connectivity index (χ4n) is 5.17. The highest BCUT2D eigenvalue weighted by Gasteiger charge is 2.34. The third-order valence-electron chi connectivity index (χ3n) is 7.29. The fourth-order valence-corrected chi connectivity index (χ4v) is 5.46. The van der Waals surface area contributed by atoms with Crippen molar-refractivity contribution in [2.45, 2.75) is 37.8 Å². The molecule has 43 heavy (non-hydrogen) atoms. The third kappa shape index (κ3) is 8.55. The monoisotopic (exact) mass is 607 g/mol. The van der Waals surface area contributed by atoms with Crippen LogP contribution in [0.3, 0.4) is 0 Å². The predicted octanol–water partition coefficient (Wildman–Crippen LogP) is 8.81. The van der Waals surface area contributed by atoms with Crippen molar-refractivity contribution in [3.8, 4) is 0 Å². The van der Waals surface area contributed by atoms with Gasteiger partial charge in [0, 0.05) is 32.0 Å². The molecule has 1 atom stereocenters. The molecule has 0 saturated heterocycles. The Morgan fingerprint density at radius 3 is 2.07 bits per heavy atom. The topological polar surface area (TPSA) is 30.9 Å². The van der Waals surface area contributed by atoms with E-state index in [4.69, 9.17) is 25.8 Å². The first-order chi connectivity index (χ1) is 20.9. The highest BCUT2D eigenvalue weighted by molar-refractivity contribution is 6.32. The van der Waals surface area contributed by atoms with Gasteiger partial charge >= 0.3 is 12.1 Å². The van der Waals surface area contributed by atoms with E-state index in [1.54, 1.807) is 6.07 Å². The molecule has 0 aromatic heterocycles. The molecule has 0 bridgehead atoms. The average molecular weight is 608 g/mol. The van der Waals surface area contributed by atoms with Crippen LogP contribution in [-0.2, 0) is 33.4 Å². The second-order valence-corrected chi connectivity index (χ2v) is 10.8. The van der Waals surface area contributed by atoms with Crippen LogP contribution in [-0.4, -0.2) is 30.9 Å². The van der Waals surface area contributed by atoms with E-state index in [1.807, 2.05) is 66.7 Å². The van der Waals surface area contributed by atoms with Gasteiger partial charge in [-0.2, -0.15) is 13.2 Å². The van der Waals surface area contributed by atoms with Gasteiger partial charge in [-0.25, -0.2) is 0 Å². The van der Waals surface area contributed by atoms with E-state index in [1.165, 1.54) is 12.3 Å². The molecule has 0 aliphatic carbocycles. The third-order valence-corrected chi connectivity index (χ3v) is 7.74. The van der Waals surface area contributed by atoms with E-state index in [-0.39, 0.29) is 17.5 Å². The minimum Gasteiger partial charge on any atom is -0.463 e. The molecule has 8 heteroatoms. The summed E-state index contributed by atoms with van der Waals surface area (Å²) in [6.45, 7) is 1.73. The van der Waals surface area contributed by atoms with Gasteiger partial charge in [-0.1, -0.05) is 115 Å². The minimum absolute atomic E-state index is 0.000844. The number of hydrogen-bond acceptors (Lipinski definition) is 4. The maximum absolute atomic E-state index is 13.6. The Hall–Kier alpha value is -3.94. The Labute approximate surface area is 255 Å². The summed E-state index contributed by atoms with van der Waals surface area (Å²) in [5.74, 6) is 0.320. The summed E-state index contributed by atoms with van der Waals surface area (Å²) < 4.78 is 58.1. The summed E-state index contributed by atoms with van der Waals surface area (Å²) in [5, 5.41) is -0.265. The van der Waals surface area contributed by atoms with E-state index in [9.17, 15) is 13.2 Å². The van der Waals surface area contributed by atoms with E-state index in [0.29, 0.717) is 44.0 Å².